The highest BCUT2D eigenvalue weighted by Crippen LogP contribution is 2.21. The molecule has 4 nitrogen and oxygen atoms in total. The van der Waals surface area contributed by atoms with E-state index in [1.54, 1.807) is 12.2 Å². The standard InChI is InChI=1S/C8H8O4/c9-8(10)5-1-2-6-7(3-5)12-4-11-6/h1-3,6-7H,4H2,(H,9,10). The maximum atomic E-state index is 10.5. The zero-order chi connectivity index (χ0) is 8.55. The lowest BCUT2D eigenvalue weighted by Crippen LogP contribution is -2.22. The summed E-state index contributed by atoms with van der Waals surface area (Å²) in [6.45, 7) is 0.239. The van der Waals surface area contributed by atoms with Gasteiger partial charge in [0.25, 0.3) is 0 Å². The predicted molar refractivity (Wildman–Crippen MR) is 39.5 cm³/mol. The van der Waals surface area contributed by atoms with Gasteiger partial charge in [0.2, 0.25) is 0 Å². The number of aliphatic carboxylic acids is 1. The summed E-state index contributed by atoms with van der Waals surface area (Å²) < 4.78 is 10.3. The van der Waals surface area contributed by atoms with Gasteiger partial charge in [-0.05, 0) is 12.2 Å². The van der Waals surface area contributed by atoms with Gasteiger partial charge in [-0.1, -0.05) is 6.08 Å². The molecular formula is C8H8O4. The van der Waals surface area contributed by atoms with Crippen molar-refractivity contribution in [3.63, 3.8) is 0 Å². The first kappa shape index (κ1) is 7.52. The molecule has 0 aromatic carbocycles. The van der Waals surface area contributed by atoms with Gasteiger partial charge < -0.3 is 14.6 Å². The van der Waals surface area contributed by atoms with Gasteiger partial charge in [-0.3, -0.25) is 0 Å². The van der Waals surface area contributed by atoms with Crippen LogP contribution in [0, 0.1) is 0 Å². The van der Waals surface area contributed by atoms with Gasteiger partial charge in [0.15, 0.2) is 0 Å². The van der Waals surface area contributed by atoms with E-state index in [2.05, 4.69) is 0 Å². The van der Waals surface area contributed by atoms with E-state index in [-0.39, 0.29) is 24.6 Å². The summed E-state index contributed by atoms with van der Waals surface area (Å²) in [5.41, 5.74) is 0.266. The SMILES string of the molecule is O=C(O)C1=CC2OCOC2C=C1. The molecule has 1 heterocycles. The number of carboxylic acid groups (broad SMARTS) is 1. The van der Waals surface area contributed by atoms with Crippen LogP contribution >= 0.6 is 0 Å². The van der Waals surface area contributed by atoms with E-state index in [4.69, 9.17) is 14.6 Å². The van der Waals surface area contributed by atoms with Gasteiger partial charge in [0, 0.05) is 0 Å². The van der Waals surface area contributed by atoms with E-state index in [0.29, 0.717) is 0 Å². The number of carboxylic acids is 1. The van der Waals surface area contributed by atoms with Gasteiger partial charge in [-0.2, -0.15) is 0 Å². The maximum Gasteiger partial charge on any atom is 0.335 e. The van der Waals surface area contributed by atoms with Crippen LogP contribution in [0.4, 0.5) is 0 Å². The second-order valence-electron chi connectivity index (χ2n) is 2.67. The fourth-order valence-corrected chi connectivity index (χ4v) is 1.27. The molecule has 12 heavy (non-hydrogen) atoms. The van der Waals surface area contributed by atoms with Crippen LogP contribution in [0.3, 0.4) is 0 Å². The highest BCUT2D eigenvalue weighted by Gasteiger charge is 2.29. The van der Waals surface area contributed by atoms with Crippen LogP contribution < -0.4 is 0 Å². The van der Waals surface area contributed by atoms with Crippen molar-refractivity contribution < 1.29 is 19.4 Å². The number of hydrogen-bond acceptors (Lipinski definition) is 3. The van der Waals surface area contributed by atoms with Crippen molar-refractivity contribution in [2.24, 2.45) is 0 Å². The van der Waals surface area contributed by atoms with E-state index in [1.165, 1.54) is 6.08 Å². The molecule has 64 valence electrons. The summed E-state index contributed by atoms with van der Waals surface area (Å²) in [7, 11) is 0. The van der Waals surface area contributed by atoms with Gasteiger partial charge in [-0.15, -0.1) is 0 Å². The van der Waals surface area contributed by atoms with Crippen LogP contribution in [0.25, 0.3) is 0 Å². The fraction of sp³-hybridized carbons (Fsp3) is 0.375. The monoisotopic (exact) mass is 168 g/mol. The molecule has 1 saturated heterocycles. The normalized spacial score (nSPS) is 32.8. The van der Waals surface area contributed by atoms with Crippen LogP contribution in [0.1, 0.15) is 0 Å². The maximum absolute atomic E-state index is 10.5. The van der Waals surface area contributed by atoms with Crippen molar-refractivity contribution in [3.05, 3.63) is 23.8 Å². The summed E-state index contributed by atoms with van der Waals surface area (Å²) in [5, 5.41) is 8.64. The van der Waals surface area contributed by atoms with Crippen LogP contribution in [0.5, 0.6) is 0 Å². The lowest BCUT2D eigenvalue weighted by molar-refractivity contribution is -0.132. The second kappa shape index (κ2) is 2.73. The predicted octanol–water partition coefficient (Wildman–Crippen LogP) is 0.309. The average molecular weight is 168 g/mol. The first-order chi connectivity index (χ1) is 5.77. The molecule has 1 fully saturated rings. The minimum Gasteiger partial charge on any atom is -0.478 e. The Kier molecular flexibility index (Phi) is 1.71. The summed E-state index contributed by atoms with van der Waals surface area (Å²) in [6, 6.07) is 0. The lowest BCUT2D eigenvalue weighted by atomic mass is 10.0. The van der Waals surface area contributed by atoms with Crippen LogP contribution in [-0.2, 0) is 14.3 Å². The number of fused-ring (bicyclic) bond motifs is 1. The third kappa shape index (κ3) is 1.15. The van der Waals surface area contributed by atoms with Crippen molar-refractivity contribution in [3.8, 4) is 0 Å². The minimum atomic E-state index is -0.930. The smallest absolute Gasteiger partial charge is 0.335 e. The molecule has 4 heteroatoms. The molecule has 1 N–H and O–H groups in total. The van der Waals surface area contributed by atoms with E-state index in [0.717, 1.165) is 0 Å². The molecule has 0 saturated carbocycles. The van der Waals surface area contributed by atoms with Crippen LogP contribution in [0.15, 0.2) is 23.8 Å². The van der Waals surface area contributed by atoms with E-state index in [9.17, 15) is 4.79 Å². The van der Waals surface area contributed by atoms with Gasteiger partial charge in [0.1, 0.15) is 19.0 Å². The Balaban J connectivity index is 2.20. The Morgan fingerprint density at radius 3 is 3.00 bits per heavy atom. The Morgan fingerprint density at radius 2 is 2.25 bits per heavy atom. The van der Waals surface area contributed by atoms with Crippen molar-refractivity contribution in [1.82, 2.24) is 0 Å². The molecule has 0 aromatic heterocycles. The molecule has 0 aromatic rings. The number of ether oxygens (including phenoxy) is 2. The van der Waals surface area contributed by atoms with E-state index in [1.807, 2.05) is 0 Å². The van der Waals surface area contributed by atoms with E-state index >= 15 is 0 Å². The Labute approximate surface area is 69.1 Å². The Bertz CT molecular complexity index is 266. The molecule has 0 amide bonds. The minimum absolute atomic E-state index is 0.104. The molecule has 0 spiro atoms. The third-order valence-corrected chi connectivity index (χ3v) is 1.90. The second-order valence-corrected chi connectivity index (χ2v) is 2.67. The van der Waals surface area contributed by atoms with Gasteiger partial charge in [0.05, 0.1) is 5.57 Å². The first-order valence-corrected chi connectivity index (χ1v) is 3.64. The summed E-state index contributed by atoms with van der Waals surface area (Å²) >= 11 is 0. The van der Waals surface area contributed by atoms with Crippen LogP contribution in [-0.4, -0.2) is 30.1 Å². The number of hydrogen-bond donors (Lipinski definition) is 1. The molecule has 2 unspecified atom stereocenters. The first-order valence-electron chi connectivity index (χ1n) is 3.64. The largest absolute Gasteiger partial charge is 0.478 e. The average Bonchev–Trinajstić information content (AvgIpc) is 2.49. The zero-order valence-electron chi connectivity index (χ0n) is 6.27. The highest BCUT2D eigenvalue weighted by atomic mass is 16.7. The van der Waals surface area contributed by atoms with Crippen molar-refractivity contribution in [2.75, 3.05) is 6.79 Å². The Morgan fingerprint density at radius 1 is 1.50 bits per heavy atom. The van der Waals surface area contributed by atoms with Crippen molar-refractivity contribution in [2.45, 2.75) is 12.2 Å². The van der Waals surface area contributed by atoms with E-state index < -0.39 is 5.97 Å². The van der Waals surface area contributed by atoms with Gasteiger partial charge >= 0.3 is 5.97 Å². The zero-order valence-corrected chi connectivity index (χ0v) is 6.27. The summed E-state index contributed by atoms with van der Waals surface area (Å²) in [6.07, 6.45) is 4.49. The van der Waals surface area contributed by atoms with Crippen molar-refractivity contribution >= 4 is 5.97 Å². The van der Waals surface area contributed by atoms with Crippen molar-refractivity contribution in [1.29, 1.82) is 0 Å². The third-order valence-electron chi connectivity index (χ3n) is 1.90. The molecule has 1 aliphatic carbocycles. The quantitative estimate of drug-likeness (QED) is 0.612. The lowest BCUT2D eigenvalue weighted by Gasteiger charge is -2.13. The Hall–Kier alpha value is -1.13. The van der Waals surface area contributed by atoms with Gasteiger partial charge in [-0.25, -0.2) is 4.79 Å². The fourth-order valence-electron chi connectivity index (χ4n) is 1.27. The molecule has 2 aliphatic rings. The molecule has 0 radical (unpaired) electrons. The highest BCUT2D eigenvalue weighted by molar-refractivity contribution is 5.90. The van der Waals surface area contributed by atoms with Crippen LogP contribution in [0.2, 0.25) is 0 Å². The molecule has 2 atom stereocenters. The summed E-state index contributed by atoms with van der Waals surface area (Å²) in [5.74, 6) is -0.930. The molecule has 2 rings (SSSR count). The molecule has 1 aliphatic heterocycles. The number of carbonyl (C=O) groups is 1. The molecular weight excluding hydrogens is 160 g/mol. The summed E-state index contributed by atoms with van der Waals surface area (Å²) in [4.78, 5) is 10.5. The topological polar surface area (TPSA) is 55.8 Å². The number of rotatable bonds is 1. The molecule has 0 bridgehead atoms.